The Morgan fingerprint density at radius 2 is 1.68 bits per heavy atom. The van der Waals surface area contributed by atoms with Gasteiger partial charge in [-0.05, 0) is 54.4 Å². The molecule has 0 spiro atoms. The number of halogens is 1. The van der Waals surface area contributed by atoms with Crippen molar-refractivity contribution < 1.29 is 18.7 Å². The van der Waals surface area contributed by atoms with Gasteiger partial charge in [0.05, 0.1) is 30.2 Å². The molecule has 8 heteroatoms. The Morgan fingerprint density at radius 1 is 0.895 bits per heavy atom. The lowest BCUT2D eigenvalue weighted by Crippen LogP contribution is -2.38. The van der Waals surface area contributed by atoms with Crippen LogP contribution in [0.25, 0.3) is 11.0 Å². The minimum Gasteiger partial charge on any atom is -0.457 e. The monoisotopic (exact) mass is 530 g/mol. The first-order valence-electron chi connectivity index (χ1n) is 12.8. The summed E-state index contributed by atoms with van der Waals surface area (Å²) in [6, 6.07) is 21.3. The summed E-state index contributed by atoms with van der Waals surface area (Å²) in [4.78, 5) is 31.6. The van der Waals surface area contributed by atoms with Gasteiger partial charge in [-0.2, -0.15) is 0 Å². The first-order chi connectivity index (χ1) is 18.6. The van der Waals surface area contributed by atoms with E-state index >= 15 is 0 Å². The fourth-order valence-electron chi connectivity index (χ4n) is 5.23. The molecular formula is C30H27ClN2O5. The second-order valence-corrected chi connectivity index (χ2v) is 9.95. The SMILES string of the molecule is O=C1c2oc3ccc(Cl)cc3c(=O)c2C(c2cccc(Oc3ccccc3)c2)N1CCCN1CCOCC1. The van der Waals surface area contributed by atoms with Gasteiger partial charge in [0.25, 0.3) is 5.91 Å². The van der Waals surface area contributed by atoms with E-state index in [-0.39, 0.29) is 17.1 Å². The van der Waals surface area contributed by atoms with Gasteiger partial charge in [0.2, 0.25) is 5.76 Å². The molecule has 38 heavy (non-hydrogen) atoms. The minimum absolute atomic E-state index is 0.0931. The Morgan fingerprint density at radius 3 is 2.50 bits per heavy atom. The zero-order chi connectivity index (χ0) is 26.1. The molecule has 2 aliphatic rings. The van der Waals surface area contributed by atoms with E-state index in [0.29, 0.717) is 39.6 Å². The molecule has 1 unspecified atom stereocenters. The van der Waals surface area contributed by atoms with Crippen LogP contribution >= 0.6 is 11.6 Å². The topological polar surface area (TPSA) is 72.2 Å². The fraction of sp³-hybridized carbons (Fsp3) is 0.267. The van der Waals surface area contributed by atoms with Gasteiger partial charge in [-0.15, -0.1) is 0 Å². The first kappa shape index (κ1) is 24.7. The Kier molecular flexibility index (Phi) is 6.89. The number of carbonyl (C=O) groups is 1. The van der Waals surface area contributed by atoms with Crippen LogP contribution in [0.4, 0.5) is 0 Å². The molecule has 3 aromatic carbocycles. The van der Waals surface area contributed by atoms with Crippen molar-refractivity contribution in [1.29, 1.82) is 0 Å². The molecule has 1 fully saturated rings. The number of amides is 1. The fourth-order valence-corrected chi connectivity index (χ4v) is 5.40. The van der Waals surface area contributed by atoms with E-state index in [9.17, 15) is 9.59 Å². The second kappa shape index (κ2) is 10.6. The van der Waals surface area contributed by atoms with Gasteiger partial charge < -0.3 is 18.8 Å². The molecule has 0 saturated carbocycles. The Hall–Kier alpha value is -3.65. The smallest absolute Gasteiger partial charge is 0.290 e. The third-order valence-electron chi connectivity index (χ3n) is 7.06. The molecule has 1 saturated heterocycles. The van der Waals surface area contributed by atoms with E-state index in [1.807, 2.05) is 54.6 Å². The number of para-hydroxylation sites is 1. The van der Waals surface area contributed by atoms with Crippen molar-refractivity contribution in [3.63, 3.8) is 0 Å². The van der Waals surface area contributed by atoms with Gasteiger partial charge in [-0.3, -0.25) is 14.5 Å². The summed E-state index contributed by atoms with van der Waals surface area (Å²) in [6.07, 6.45) is 0.760. The maximum atomic E-state index is 13.8. The number of hydrogen-bond donors (Lipinski definition) is 0. The maximum Gasteiger partial charge on any atom is 0.290 e. The normalized spacial score (nSPS) is 17.7. The number of carbonyl (C=O) groups excluding carboxylic acids is 1. The summed E-state index contributed by atoms with van der Waals surface area (Å²) in [7, 11) is 0. The predicted molar refractivity (Wildman–Crippen MR) is 145 cm³/mol. The molecule has 0 aliphatic carbocycles. The van der Waals surface area contributed by atoms with E-state index in [1.54, 1.807) is 23.1 Å². The summed E-state index contributed by atoms with van der Waals surface area (Å²) in [5, 5.41) is 0.798. The lowest BCUT2D eigenvalue weighted by atomic mass is 9.98. The summed E-state index contributed by atoms with van der Waals surface area (Å²) >= 11 is 6.20. The molecular weight excluding hydrogens is 504 g/mol. The van der Waals surface area contributed by atoms with Crippen molar-refractivity contribution in [3.05, 3.63) is 105 Å². The van der Waals surface area contributed by atoms with Crippen molar-refractivity contribution in [2.24, 2.45) is 0 Å². The van der Waals surface area contributed by atoms with Crippen LogP contribution in [-0.4, -0.2) is 55.1 Å². The van der Waals surface area contributed by atoms with E-state index in [0.717, 1.165) is 44.8 Å². The van der Waals surface area contributed by atoms with Crippen LogP contribution < -0.4 is 10.2 Å². The lowest BCUT2D eigenvalue weighted by Gasteiger charge is -2.29. The van der Waals surface area contributed by atoms with E-state index in [1.165, 1.54) is 0 Å². The van der Waals surface area contributed by atoms with Crippen LogP contribution in [0, 0.1) is 0 Å². The first-order valence-corrected chi connectivity index (χ1v) is 13.2. The van der Waals surface area contributed by atoms with Gasteiger partial charge in [0.15, 0.2) is 5.43 Å². The molecule has 1 atom stereocenters. The molecule has 0 N–H and O–H groups in total. The Bertz CT molecular complexity index is 1530. The molecule has 0 radical (unpaired) electrons. The van der Waals surface area contributed by atoms with Crippen molar-refractivity contribution in [2.75, 3.05) is 39.4 Å². The number of hydrogen-bond acceptors (Lipinski definition) is 6. The molecule has 1 aromatic heterocycles. The Labute approximate surface area is 225 Å². The Balaban J connectivity index is 1.38. The summed E-state index contributed by atoms with van der Waals surface area (Å²) in [6.45, 7) is 4.51. The second-order valence-electron chi connectivity index (χ2n) is 9.51. The molecule has 194 valence electrons. The van der Waals surface area contributed by atoms with E-state index in [2.05, 4.69) is 4.90 Å². The van der Waals surface area contributed by atoms with Crippen molar-refractivity contribution in [1.82, 2.24) is 9.80 Å². The average Bonchev–Trinajstić information content (AvgIpc) is 3.22. The van der Waals surface area contributed by atoms with Crippen LogP contribution in [0.5, 0.6) is 11.5 Å². The summed E-state index contributed by atoms with van der Waals surface area (Å²) in [5.41, 5.74) is 1.23. The lowest BCUT2D eigenvalue weighted by molar-refractivity contribution is 0.0353. The van der Waals surface area contributed by atoms with Crippen molar-refractivity contribution in [3.8, 4) is 11.5 Å². The molecule has 2 aliphatic heterocycles. The maximum absolute atomic E-state index is 13.8. The number of morpholine rings is 1. The summed E-state index contributed by atoms with van der Waals surface area (Å²) in [5.74, 6) is 1.14. The number of nitrogens with zero attached hydrogens (tertiary/aromatic N) is 2. The number of benzene rings is 3. The highest BCUT2D eigenvalue weighted by atomic mass is 35.5. The predicted octanol–water partition coefficient (Wildman–Crippen LogP) is 5.51. The van der Waals surface area contributed by atoms with Gasteiger partial charge in [0, 0.05) is 31.2 Å². The van der Waals surface area contributed by atoms with Gasteiger partial charge in [-0.1, -0.05) is 41.9 Å². The van der Waals surface area contributed by atoms with E-state index in [4.69, 9.17) is 25.5 Å². The minimum atomic E-state index is -0.596. The molecule has 1 amide bonds. The third kappa shape index (κ3) is 4.80. The molecule has 4 aromatic rings. The standard InChI is InChI=1S/C30H27ClN2O5/c31-21-10-11-25-24(19-21)28(34)26-27(20-6-4-9-23(18-20)37-22-7-2-1-3-8-22)33(30(35)29(26)38-25)13-5-12-32-14-16-36-17-15-32/h1-4,6-11,18-19,27H,5,12-17H2. The summed E-state index contributed by atoms with van der Waals surface area (Å²) < 4.78 is 17.6. The van der Waals surface area contributed by atoms with Gasteiger partial charge in [0.1, 0.15) is 17.1 Å². The molecule has 6 rings (SSSR count). The zero-order valence-electron chi connectivity index (χ0n) is 20.8. The van der Waals surface area contributed by atoms with Crippen molar-refractivity contribution in [2.45, 2.75) is 12.5 Å². The number of ether oxygens (including phenoxy) is 2. The third-order valence-corrected chi connectivity index (χ3v) is 7.29. The molecule has 3 heterocycles. The van der Waals surface area contributed by atoms with Crippen LogP contribution in [0.1, 0.15) is 34.1 Å². The molecule has 7 nitrogen and oxygen atoms in total. The highest BCUT2D eigenvalue weighted by molar-refractivity contribution is 6.31. The van der Waals surface area contributed by atoms with Crippen LogP contribution in [0.2, 0.25) is 5.02 Å². The van der Waals surface area contributed by atoms with Crippen molar-refractivity contribution >= 4 is 28.5 Å². The number of fused-ring (bicyclic) bond motifs is 2. The van der Waals surface area contributed by atoms with E-state index < -0.39 is 6.04 Å². The van der Waals surface area contributed by atoms with Gasteiger partial charge >= 0.3 is 0 Å². The van der Waals surface area contributed by atoms with Gasteiger partial charge in [-0.25, -0.2) is 0 Å². The quantitative estimate of drug-likeness (QED) is 0.314. The highest BCUT2D eigenvalue weighted by Crippen LogP contribution is 2.39. The van der Waals surface area contributed by atoms with Crippen LogP contribution in [0.15, 0.2) is 82.0 Å². The molecule has 0 bridgehead atoms. The van der Waals surface area contributed by atoms with Crippen LogP contribution in [0.3, 0.4) is 0 Å². The number of rotatable bonds is 7. The highest BCUT2D eigenvalue weighted by Gasteiger charge is 2.42. The van der Waals surface area contributed by atoms with Crippen LogP contribution in [-0.2, 0) is 4.74 Å². The largest absolute Gasteiger partial charge is 0.457 e. The average molecular weight is 531 g/mol. The zero-order valence-corrected chi connectivity index (χ0v) is 21.5.